The zero-order chi connectivity index (χ0) is 20.2. The molecule has 2 atom stereocenters. The molecule has 8 nitrogen and oxygen atoms in total. The average Bonchev–Trinajstić information content (AvgIpc) is 2.58. The summed E-state index contributed by atoms with van der Waals surface area (Å²) in [4.78, 5) is 50.0. The lowest BCUT2D eigenvalue weighted by Crippen LogP contribution is -2.63. The zero-order valence-corrected chi connectivity index (χ0v) is 15.9. The second-order valence-corrected chi connectivity index (χ2v) is 8.64. The van der Waals surface area contributed by atoms with Crippen LogP contribution in [0.2, 0.25) is 0 Å². The van der Waals surface area contributed by atoms with Crippen molar-refractivity contribution < 1.29 is 19.3 Å². The molecule has 1 aliphatic carbocycles. The normalized spacial score (nSPS) is 33.0. The Hall–Kier alpha value is -2.77. The van der Waals surface area contributed by atoms with Crippen LogP contribution in [0.15, 0.2) is 24.3 Å². The third-order valence-electron chi connectivity index (χ3n) is 5.85. The van der Waals surface area contributed by atoms with E-state index in [-0.39, 0.29) is 23.4 Å². The van der Waals surface area contributed by atoms with E-state index in [2.05, 4.69) is 5.32 Å². The molecule has 0 aromatic heterocycles. The van der Waals surface area contributed by atoms with E-state index in [4.69, 9.17) is 0 Å². The molecule has 2 aliphatic rings. The Morgan fingerprint density at radius 1 is 1.11 bits per heavy atom. The van der Waals surface area contributed by atoms with Gasteiger partial charge in [-0.25, -0.2) is 0 Å². The predicted molar refractivity (Wildman–Crippen MR) is 97.7 cm³/mol. The molecule has 0 spiro atoms. The van der Waals surface area contributed by atoms with Crippen molar-refractivity contribution in [3.63, 3.8) is 0 Å². The van der Waals surface area contributed by atoms with Crippen molar-refractivity contribution in [2.24, 2.45) is 16.2 Å². The number of rotatable bonds is 3. The van der Waals surface area contributed by atoms with E-state index in [9.17, 15) is 24.5 Å². The lowest BCUT2D eigenvalue weighted by Gasteiger charge is -2.55. The van der Waals surface area contributed by atoms with Gasteiger partial charge in [-0.15, -0.1) is 0 Å². The highest BCUT2D eigenvalue weighted by atomic mass is 16.6. The van der Waals surface area contributed by atoms with Gasteiger partial charge in [0.1, 0.15) is 0 Å². The first-order valence-electron chi connectivity index (χ1n) is 8.79. The minimum Gasteiger partial charge on any atom is -0.325 e. The molecule has 3 rings (SSSR count). The standard InChI is InChI=1S/C19H23N3O5/c1-17(14(23)20-12-6-5-7-13(8-12)22(26)27)9-18(2)11-19(3,10-17)16(25)21(4)15(18)24/h5-8H,9-11H2,1-4H3,(H,20,23). The number of benzene rings is 1. The van der Waals surface area contributed by atoms with E-state index in [1.54, 1.807) is 26.8 Å². The zero-order valence-electron chi connectivity index (χ0n) is 15.9. The van der Waals surface area contributed by atoms with Gasteiger partial charge in [0, 0.05) is 41.1 Å². The third-order valence-corrected chi connectivity index (χ3v) is 5.85. The van der Waals surface area contributed by atoms with Crippen molar-refractivity contribution in [1.29, 1.82) is 0 Å². The number of carbonyl (C=O) groups is 3. The minimum absolute atomic E-state index is 0.121. The topological polar surface area (TPSA) is 110 Å². The van der Waals surface area contributed by atoms with E-state index in [0.717, 1.165) is 0 Å². The van der Waals surface area contributed by atoms with Crippen LogP contribution < -0.4 is 5.32 Å². The predicted octanol–water partition coefficient (Wildman–Crippen LogP) is 2.73. The van der Waals surface area contributed by atoms with E-state index in [1.807, 2.05) is 0 Å². The lowest BCUT2D eigenvalue weighted by molar-refractivity contribution is -0.384. The molecule has 3 amide bonds. The quantitative estimate of drug-likeness (QED) is 0.498. The summed E-state index contributed by atoms with van der Waals surface area (Å²) in [6.07, 6.45) is 1.04. The van der Waals surface area contributed by atoms with Gasteiger partial charge in [-0.3, -0.25) is 29.4 Å². The minimum atomic E-state index is -0.945. The summed E-state index contributed by atoms with van der Waals surface area (Å²) in [7, 11) is 1.49. The maximum Gasteiger partial charge on any atom is 0.271 e. The summed E-state index contributed by atoms with van der Waals surface area (Å²) in [5.41, 5.74) is -2.35. The number of carbonyl (C=O) groups excluding carboxylic acids is 3. The van der Waals surface area contributed by atoms with E-state index in [1.165, 1.54) is 30.1 Å². The second-order valence-electron chi connectivity index (χ2n) is 8.64. The number of nitrogens with zero attached hydrogens (tertiary/aromatic N) is 2. The summed E-state index contributed by atoms with van der Waals surface area (Å²) in [5.74, 6) is -0.872. The van der Waals surface area contributed by atoms with Crippen LogP contribution in [-0.4, -0.2) is 34.6 Å². The van der Waals surface area contributed by atoms with Crippen LogP contribution in [0.25, 0.3) is 0 Å². The molecular weight excluding hydrogens is 350 g/mol. The molecule has 2 unspecified atom stereocenters. The molecule has 1 aliphatic heterocycles. The number of imide groups is 1. The number of likely N-dealkylation sites (tertiary alicyclic amines) is 1. The summed E-state index contributed by atoms with van der Waals surface area (Å²) < 4.78 is 0. The van der Waals surface area contributed by atoms with Gasteiger partial charge in [0.25, 0.3) is 5.69 Å². The lowest BCUT2D eigenvalue weighted by atomic mass is 9.51. The van der Waals surface area contributed by atoms with Crippen molar-refractivity contribution in [2.75, 3.05) is 12.4 Å². The fourth-order valence-corrected chi connectivity index (χ4v) is 5.12. The van der Waals surface area contributed by atoms with E-state index < -0.39 is 21.2 Å². The van der Waals surface area contributed by atoms with Gasteiger partial charge >= 0.3 is 0 Å². The molecule has 8 heteroatoms. The molecular formula is C19H23N3O5. The number of anilines is 1. The first-order valence-corrected chi connectivity index (χ1v) is 8.79. The molecule has 0 radical (unpaired) electrons. The molecule has 2 bridgehead atoms. The summed E-state index contributed by atoms with van der Waals surface area (Å²) in [5, 5.41) is 13.7. The smallest absolute Gasteiger partial charge is 0.271 e. The SMILES string of the molecule is CN1C(=O)C2(C)CC(C)(C(=O)Nc3cccc([N+](=O)[O-])c3)CC(C)(C2)C1=O. The van der Waals surface area contributed by atoms with Crippen LogP contribution in [0.1, 0.15) is 40.0 Å². The van der Waals surface area contributed by atoms with Crippen molar-refractivity contribution in [3.8, 4) is 0 Å². The molecule has 27 heavy (non-hydrogen) atoms. The number of nitro groups is 1. The van der Waals surface area contributed by atoms with Crippen LogP contribution in [0.5, 0.6) is 0 Å². The number of amides is 3. The Labute approximate surface area is 157 Å². The van der Waals surface area contributed by atoms with Crippen molar-refractivity contribution in [1.82, 2.24) is 4.90 Å². The van der Waals surface area contributed by atoms with Crippen LogP contribution in [0, 0.1) is 26.4 Å². The Morgan fingerprint density at radius 2 is 1.67 bits per heavy atom. The van der Waals surface area contributed by atoms with Crippen molar-refractivity contribution in [2.45, 2.75) is 40.0 Å². The van der Waals surface area contributed by atoms with Gasteiger partial charge < -0.3 is 5.32 Å². The van der Waals surface area contributed by atoms with Gasteiger partial charge in [-0.1, -0.05) is 26.8 Å². The number of hydrogen-bond donors (Lipinski definition) is 1. The number of fused-ring (bicyclic) bond motifs is 2. The number of non-ortho nitro benzene ring substituents is 1. The Balaban J connectivity index is 1.91. The maximum atomic E-state index is 13.1. The summed E-state index contributed by atoms with van der Waals surface area (Å²) in [6, 6.07) is 5.71. The summed E-state index contributed by atoms with van der Waals surface area (Å²) in [6.45, 7) is 5.35. The van der Waals surface area contributed by atoms with Crippen LogP contribution in [0.4, 0.5) is 11.4 Å². The van der Waals surface area contributed by atoms with Gasteiger partial charge in [0.2, 0.25) is 17.7 Å². The molecule has 1 saturated heterocycles. The first kappa shape index (κ1) is 19.0. The van der Waals surface area contributed by atoms with Crippen LogP contribution >= 0.6 is 0 Å². The molecule has 144 valence electrons. The second kappa shape index (κ2) is 5.87. The van der Waals surface area contributed by atoms with Crippen LogP contribution in [0.3, 0.4) is 0 Å². The third kappa shape index (κ3) is 2.98. The molecule has 1 heterocycles. The number of piperidine rings is 1. The van der Waals surface area contributed by atoms with Crippen molar-refractivity contribution in [3.05, 3.63) is 34.4 Å². The van der Waals surface area contributed by atoms with Gasteiger partial charge in [0.05, 0.1) is 4.92 Å². The number of hydrogen-bond acceptors (Lipinski definition) is 5. The average molecular weight is 373 g/mol. The van der Waals surface area contributed by atoms with Crippen LogP contribution in [-0.2, 0) is 14.4 Å². The van der Waals surface area contributed by atoms with E-state index >= 15 is 0 Å². The highest BCUT2D eigenvalue weighted by Gasteiger charge is 2.62. The largest absolute Gasteiger partial charge is 0.325 e. The fourth-order valence-electron chi connectivity index (χ4n) is 5.12. The van der Waals surface area contributed by atoms with Crippen molar-refractivity contribution >= 4 is 29.1 Å². The Morgan fingerprint density at radius 3 is 2.19 bits per heavy atom. The first-order chi connectivity index (χ1) is 12.4. The maximum absolute atomic E-state index is 13.1. The monoisotopic (exact) mass is 373 g/mol. The highest BCUT2D eigenvalue weighted by molar-refractivity contribution is 6.05. The van der Waals surface area contributed by atoms with Gasteiger partial charge in [0.15, 0.2) is 0 Å². The molecule has 1 saturated carbocycles. The fraction of sp³-hybridized carbons (Fsp3) is 0.526. The molecule has 1 aromatic rings. The Kier molecular flexibility index (Phi) is 4.13. The number of nitro benzene ring substituents is 1. The molecule has 2 fully saturated rings. The highest BCUT2D eigenvalue weighted by Crippen LogP contribution is 2.58. The van der Waals surface area contributed by atoms with Gasteiger partial charge in [-0.05, 0) is 25.3 Å². The Bertz CT molecular complexity index is 837. The molecule has 1 N–H and O–H groups in total. The van der Waals surface area contributed by atoms with E-state index in [0.29, 0.717) is 24.9 Å². The summed E-state index contributed by atoms with van der Waals surface area (Å²) >= 11 is 0. The number of nitrogens with one attached hydrogen (secondary N) is 1. The van der Waals surface area contributed by atoms with Gasteiger partial charge in [-0.2, -0.15) is 0 Å². The molecule has 1 aromatic carbocycles.